The molecule has 6 aromatic rings. The summed E-state index contributed by atoms with van der Waals surface area (Å²) in [6.07, 6.45) is 3.76. The Morgan fingerprint density at radius 3 is 2.54 bits per heavy atom. The van der Waals surface area contributed by atoms with Crippen LogP contribution in [0, 0.1) is 13.8 Å². The number of anilines is 4. The number of nitrogens with two attached hydrogens (primary N) is 1. The minimum Gasteiger partial charge on any atom is -0.399 e. The van der Waals surface area contributed by atoms with E-state index in [-0.39, 0.29) is 5.91 Å². The van der Waals surface area contributed by atoms with Crippen molar-refractivity contribution >= 4 is 40.0 Å². The Morgan fingerprint density at radius 1 is 0.976 bits per heavy atom. The monoisotopic (exact) mass is 540 g/mol. The van der Waals surface area contributed by atoms with Gasteiger partial charge in [-0.25, -0.2) is 9.97 Å². The lowest BCUT2D eigenvalue weighted by atomic mass is 9.97. The fourth-order valence-electron chi connectivity index (χ4n) is 5.53. The summed E-state index contributed by atoms with van der Waals surface area (Å²) in [4.78, 5) is 28.3. The van der Waals surface area contributed by atoms with Gasteiger partial charge in [0.05, 0.1) is 23.4 Å². The summed E-state index contributed by atoms with van der Waals surface area (Å²) < 4.78 is 1.80. The first-order valence-electron chi connectivity index (χ1n) is 13.4. The second kappa shape index (κ2) is 9.34. The van der Waals surface area contributed by atoms with E-state index in [1.165, 1.54) is 0 Å². The first kappa shape index (κ1) is 24.6. The number of para-hydroxylation sites is 1. The number of carbonyl (C=O) groups is 1. The van der Waals surface area contributed by atoms with Crippen molar-refractivity contribution in [2.75, 3.05) is 16.0 Å². The minimum atomic E-state index is -0.0173. The summed E-state index contributed by atoms with van der Waals surface area (Å²) >= 11 is 0. The molecule has 0 atom stereocenters. The van der Waals surface area contributed by atoms with Gasteiger partial charge in [0, 0.05) is 53.4 Å². The molecule has 41 heavy (non-hydrogen) atoms. The molecule has 3 aromatic heterocycles. The molecular weight excluding hydrogens is 512 g/mol. The third kappa shape index (κ3) is 4.10. The molecule has 4 N–H and O–H groups in total. The maximum absolute atomic E-state index is 13.7. The molecule has 7 rings (SSSR count). The number of nitrogens with zero attached hydrogens (tertiary/aromatic N) is 5. The van der Waals surface area contributed by atoms with E-state index >= 15 is 0 Å². The smallest absolute Gasteiger partial charge is 0.259 e. The fourth-order valence-corrected chi connectivity index (χ4v) is 5.53. The highest BCUT2D eigenvalue weighted by atomic mass is 16.2. The Morgan fingerprint density at radius 2 is 1.76 bits per heavy atom. The Bertz CT molecular complexity index is 1950. The molecule has 1 amide bonds. The topological polar surface area (TPSA) is 118 Å². The number of nitrogen functional groups attached to an aromatic ring is 1. The van der Waals surface area contributed by atoms with Crippen molar-refractivity contribution in [2.24, 2.45) is 7.05 Å². The van der Waals surface area contributed by atoms with Crippen LogP contribution < -0.4 is 16.0 Å². The van der Waals surface area contributed by atoms with Crippen molar-refractivity contribution in [3.05, 3.63) is 102 Å². The van der Waals surface area contributed by atoms with Gasteiger partial charge in [0.15, 0.2) is 5.82 Å². The number of aromatic amines is 1. The van der Waals surface area contributed by atoms with Gasteiger partial charge in [-0.05, 0) is 60.4 Å². The molecule has 0 aliphatic carbocycles. The van der Waals surface area contributed by atoms with E-state index in [2.05, 4.69) is 32.5 Å². The fraction of sp³-hybridized carbons (Fsp3) is 0.125. The predicted molar refractivity (Wildman–Crippen MR) is 162 cm³/mol. The van der Waals surface area contributed by atoms with Crippen LogP contribution in [0.15, 0.2) is 79.1 Å². The van der Waals surface area contributed by atoms with E-state index in [4.69, 9.17) is 10.7 Å². The first-order valence-corrected chi connectivity index (χ1v) is 13.4. The predicted octanol–water partition coefficient (Wildman–Crippen LogP) is 6.13. The van der Waals surface area contributed by atoms with E-state index in [0.29, 0.717) is 24.0 Å². The van der Waals surface area contributed by atoms with Crippen LogP contribution in [-0.4, -0.2) is 30.6 Å². The summed E-state index contributed by atoms with van der Waals surface area (Å²) in [5, 5.41) is 8.65. The van der Waals surface area contributed by atoms with E-state index in [1.807, 2.05) is 92.8 Å². The second-order valence-electron chi connectivity index (χ2n) is 10.4. The van der Waals surface area contributed by atoms with Crippen LogP contribution in [0.5, 0.6) is 0 Å². The number of benzene rings is 3. The highest BCUT2D eigenvalue weighted by Gasteiger charge is 2.32. The number of carbonyl (C=O) groups excluding carboxylic acids is 1. The normalized spacial score (nSPS) is 12.8. The van der Waals surface area contributed by atoms with Gasteiger partial charge in [-0.2, -0.15) is 5.10 Å². The number of hydrogen-bond donors (Lipinski definition) is 3. The maximum Gasteiger partial charge on any atom is 0.259 e. The zero-order chi connectivity index (χ0) is 28.2. The van der Waals surface area contributed by atoms with Gasteiger partial charge < -0.3 is 20.9 Å². The molecule has 0 radical (unpaired) electrons. The highest BCUT2D eigenvalue weighted by Crippen LogP contribution is 2.40. The molecule has 0 saturated carbocycles. The molecule has 9 nitrogen and oxygen atoms in total. The van der Waals surface area contributed by atoms with E-state index in [9.17, 15) is 4.79 Å². The van der Waals surface area contributed by atoms with Crippen molar-refractivity contribution in [1.82, 2.24) is 24.7 Å². The molecule has 3 aromatic carbocycles. The summed E-state index contributed by atoms with van der Waals surface area (Å²) in [5.41, 5.74) is 15.9. The van der Waals surface area contributed by atoms with Crippen molar-refractivity contribution in [3.63, 3.8) is 0 Å². The Kier molecular flexibility index (Phi) is 5.60. The van der Waals surface area contributed by atoms with Gasteiger partial charge in [-0.15, -0.1) is 0 Å². The Hall–Kier alpha value is -5.44. The lowest BCUT2D eigenvalue weighted by molar-refractivity contribution is 0.0997. The number of nitrogens with one attached hydrogen (secondary N) is 2. The van der Waals surface area contributed by atoms with Crippen molar-refractivity contribution in [3.8, 4) is 22.4 Å². The Labute approximate surface area is 236 Å². The SMILES string of the molecule is Cc1cnc(Nc2cc(C)n(C)n2)nc1-c1c[nH]c2c(N3Cc4c(cccc4-c4ccc(N)cc4)C3=O)cccc12. The van der Waals surface area contributed by atoms with Gasteiger partial charge >= 0.3 is 0 Å². The molecule has 0 unspecified atom stereocenters. The molecule has 9 heteroatoms. The summed E-state index contributed by atoms with van der Waals surface area (Å²) in [6, 6.07) is 21.6. The molecular formula is C32H28N8O. The molecule has 1 aliphatic heterocycles. The standard InChI is InChI=1S/C32H28N8O/c1-18-15-35-32(36-28-14-19(2)39(3)38-28)37-29(18)25-16-34-30-23(25)7-5-9-27(30)40-17-26-22(6-4-8-24(26)31(40)41)20-10-12-21(33)13-11-20/h4-16,34H,17,33H2,1-3H3,(H,35,36,37,38). The van der Waals surface area contributed by atoms with Crippen molar-refractivity contribution < 1.29 is 4.79 Å². The number of amides is 1. The molecule has 0 bridgehead atoms. The van der Waals surface area contributed by atoms with Crippen LogP contribution in [0.3, 0.4) is 0 Å². The van der Waals surface area contributed by atoms with Gasteiger partial charge in [0.1, 0.15) is 0 Å². The molecule has 4 heterocycles. The number of aromatic nitrogens is 5. The third-order valence-corrected chi connectivity index (χ3v) is 7.75. The Balaban J connectivity index is 1.26. The third-order valence-electron chi connectivity index (χ3n) is 7.75. The first-order chi connectivity index (χ1) is 19.9. The van der Waals surface area contributed by atoms with E-state index < -0.39 is 0 Å². The van der Waals surface area contributed by atoms with Gasteiger partial charge in [0.25, 0.3) is 5.91 Å². The summed E-state index contributed by atoms with van der Waals surface area (Å²) in [6.45, 7) is 4.46. The molecule has 1 aliphatic rings. The molecule has 0 fully saturated rings. The number of rotatable bonds is 5. The zero-order valence-corrected chi connectivity index (χ0v) is 22.9. The van der Waals surface area contributed by atoms with Crippen LogP contribution >= 0.6 is 0 Å². The average Bonchev–Trinajstić information content (AvgIpc) is 3.65. The van der Waals surface area contributed by atoms with Gasteiger partial charge in [-0.3, -0.25) is 9.48 Å². The number of hydrogen-bond acceptors (Lipinski definition) is 6. The van der Waals surface area contributed by atoms with Gasteiger partial charge in [-0.1, -0.05) is 36.4 Å². The van der Waals surface area contributed by atoms with E-state index in [0.717, 1.165) is 61.4 Å². The van der Waals surface area contributed by atoms with Crippen LogP contribution in [0.1, 0.15) is 27.2 Å². The molecule has 0 saturated heterocycles. The highest BCUT2D eigenvalue weighted by molar-refractivity contribution is 6.15. The summed E-state index contributed by atoms with van der Waals surface area (Å²) in [7, 11) is 1.90. The van der Waals surface area contributed by atoms with E-state index in [1.54, 1.807) is 4.68 Å². The number of fused-ring (bicyclic) bond motifs is 2. The maximum atomic E-state index is 13.7. The van der Waals surface area contributed by atoms with Crippen LogP contribution in [0.4, 0.5) is 23.1 Å². The van der Waals surface area contributed by atoms with Crippen molar-refractivity contribution in [1.29, 1.82) is 0 Å². The average molecular weight is 541 g/mol. The minimum absolute atomic E-state index is 0.0173. The number of H-pyrrole nitrogens is 1. The van der Waals surface area contributed by atoms with Crippen LogP contribution in [-0.2, 0) is 13.6 Å². The van der Waals surface area contributed by atoms with Gasteiger partial charge in [0.2, 0.25) is 5.95 Å². The number of aryl methyl sites for hydroxylation is 3. The van der Waals surface area contributed by atoms with Crippen LogP contribution in [0.25, 0.3) is 33.3 Å². The largest absolute Gasteiger partial charge is 0.399 e. The summed E-state index contributed by atoms with van der Waals surface area (Å²) in [5.74, 6) is 1.14. The van der Waals surface area contributed by atoms with Crippen LogP contribution in [0.2, 0.25) is 0 Å². The molecule has 202 valence electrons. The van der Waals surface area contributed by atoms with Crippen molar-refractivity contribution in [2.45, 2.75) is 20.4 Å². The quantitative estimate of drug-likeness (QED) is 0.227. The second-order valence-corrected chi connectivity index (χ2v) is 10.4. The molecule has 0 spiro atoms. The zero-order valence-electron chi connectivity index (χ0n) is 22.9. The lowest BCUT2D eigenvalue weighted by Crippen LogP contribution is -2.23. The lowest BCUT2D eigenvalue weighted by Gasteiger charge is -2.17.